The van der Waals surface area contributed by atoms with E-state index in [4.69, 9.17) is 16.3 Å². The van der Waals surface area contributed by atoms with Gasteiger partial charge in [0.2, 0.25) is 0 Å². The van der Waals surface area contributed by atoms with E-state index in [9.17, 15) is 9.59 Å². The molecule has 1 heterocycles. The van der Waals surface area contributed by atoms with E-state index in [0.717, 1.165) is 0 Å². The van der Waals surface area contributed by atoms with Crippen LogP contribution >= 0.6 is 0 Å². The van der Waals surface area contributed by atoms with Gasteiger partial charge in [-0.2, -0.15) is 0 Å². The van der Waals surface area contributed by atoms with E-state index in [1.54, 1.807) is 18.2 Å². The van der Waals surface area contributed by atoms with Crippen molar-refractivity contribution < 1.29 is 14.3 Å². The van der Waals surface area contributed by atoms with Crippen LogP contribution in [-0.4, -0.2) is 25.0 Å². The van der Waals surface area contributed by atoms with Gasteiger partial charge in [-0.25, -0.2) is 5.84 Å². The van der Waals surface area contributed by atoms with Gasteiger partial charge in [0.1, 0.15) is 12.3 Å². The summed E-state index contributed by atoms with van der Waals surface area (Å²) < 4.78 is 5.23. The lowest BCUT2D eigenvalue weighted by molar-refractivity contribution is -0.125. The second-order valence-electron chi connectivity index (χ2n) is 3.56. The van der Waals surface area contributed by atoms with E-state index >= 15 is 0 Å². The van der Waals surface area contributed by atoms with E-state index in [1.807, 2.05) is 5.43 Å². The number of anilines is 2. The summed E-state index contributed by atoms with van der Waals surface area (Å²) in [5.74, 6) is 4.73. The number of hydrogen-bond acceptors (Lipinski definition) is 5. The molecule has 90 valence electrons. The largest absolute Gasteiger partial charge is 0.482 e. The average Bonchev–Trinajstić information content (AvgIpc) is 2.32. The highest BCUT2D eigenvalue weighted by molar-refractivity contribution is 6.02. The lowest BCUT2D eigenvalue weighted by Crippen LogP contribution is -2.46. The van der Waals surface area contributed by atoms with Crippen LogP contribution in [0.2, 0.25) is 0 Å². The fourth-order valence-electron chi connectivity index (χ4n) is 1.58. The third-order valence-corrected chi connectivity index (χ3v) is 2.39. The standard InChI is InChI=1S/C10H12N4O3/c11-6-1-2-8-7(3-6)14(4-9(15)13-12)10(16)5-17-8/h1-3H,4-5,11-12H2,(H,13,15). The van der Waals surface area contributed by atoms with Crippen molar-refractivity contribution >= 4 is 23.2 Å². The summed E-state index contributed by atoms with van der Waals surface area (Å²) in [4.78, 5) is 24.2. The van der Waals surface area contributed by atoms with Crippen LogP contribution in [0, 0.1) is 0 Å². The van der Waals surface area contributed by atoms with Crippen molar-refractivity contribution in [3.05, 3.63) is 18.2 Å². The van der Waals surface area contributed by atoms with E-state index < -0.39 is 5.91 Å². The van der Waals surface area contributed by atoms with E-state index in [1.165, 1.54) is 4.90 Å². The number of rotatable bonds is 2. The van der Waals surface area contributed by atoms with Gasteiger partial charge in [0.15, 0.2) is 6.61 Å². The third-order valence-electron chi connectivity index (χ3n) is 2.39. The Morgan fingerprint density at radius 1 is 1.53 bits per heavy atom. The molecule has 0 atom stereocenters. The quantitative estimate of drug-likeness (QED) is 0.263. The summed E-state index contributed by atoms with van der Waals surface area (Å²) >= 11 is 0. The van der Waals surface area contributed by atoms with E-state index in [0.29, 0.717) is 17.1 Å². The van der Waals surface area contributed by atoms with Gasteiger partial charge in [-0.05, 0) is 18.2 Å². The minimum Gasteiger partial charge on any atom is -0.482 e. The Hall–Kier alpha value is -2.28. The molecule has 0 fully saturated rings. The third kappa shape index (κ3) is 2.13. The number of nitrogens with two attached hydrogens (primary N) is 2. The molecule has 0 bridgehead atoms. The Kier molecular flexibility index (Phi) is 2.84. The number of benzene rings is 1. The van der Waals surface area contributed by atoms with Crippen molar-refractivity contribution in [2.45, 2.75) is 0 Å². The van der Waals surface area contributed by atoms with Crippen LogP contribution in [0.25, 0.3) is 0 Å². The molecule has 0 saturated heterocycles. The number of amides is 2. The highest BCUT2D eigenvalue weighted by Crippen LogP contribution is 2.33. The van der Waals surface area contributed by atoms with Crippen LogP contribution < -0.4 is 26.6 Å². The maximum atomic E-state index is 11.7. The molecule has 1 aromatic rings. The molecule has 0 radical (unpaired) electrons. The van der Waals surface area contributed by atoms with Crippen LogP contribution in [0.1, 0.15) is 0 Å². The van der Waals surface area contributed by atoms with Gasteiger partial charge in [0, 0.05) is 5.69 Å². The first kappa shape index (κ1) is 11.2. The molecule has 0 saturated carbocycles. The molecule has 0 unspecified atom stereocenters. The number of nitrogens with zero attached hydrogens (tertiary/aromatic N) is 1. The molecule has 1 aliphatic rings. The Bertz CT molecular complexity index is 475. The first-order chi connectivity index (χ1) is 8.11. The van der Waals surface area contributed by atoms with Gasteiger partial charge in [0.25, 0.3) is 11.8 Å². The fourth-order valence-corrected chi connectivity index (χ4v) is 1.58. The van der Waals surface area contributed by atoms with Crippen LogP contribution in [0.15, 0.2) is 18.2 Å². The minimum absolute atomic E-state index is 0.102. The zero-order chi connectivity index (χ0) is 12.4. The summed E-state index contributed by atoms with van der Waals surface area (Å²) in [6.45, 7) is -0.260. The Morgan fingerprint density at radius 3 is 3.00 bits per heavy atom. The molecule has 7 heteroatoms. The van der Waals surface area contributed by atoms with Crippen LogP contribution in [0.4, 0.5) is 11.4 Å². The van der Waals surface area contributed by atoms with Crippen molar-refractivity contribution in [3.63, 3.8) is 0 Å². The molecule has 1 aromatic carbocycles. The lowest BCUT2D eigenvalue weighted by Gasteiger charge is -2.28. The average molecular weight is 236 g/mol. The summed E-state index contributed by atoms with van der Waals surface area (Å²) in [5, 5.41) is 0. The summed E-state index contributed by atoms with van der Waals surface area (Å²) in [6.07, 6.45) is 0. The highest BCUT2D eigenvalue weighted by Gasteiger charge is 2.27. The van der Waals surface area contributed by atoms with Crippen molar-refractivity contribution in [1.82, 2.24) is 5.43 Å². The van der Waals surface area contributed by atoms with Gasteiger partial charge < -0.3 is 10.5 Å². The summed E-state index contributed by atoms with van der Waals surface area (Å²) in [5.41, 5.74) is 8.57. The van der Waals surface area contributed by atoms with E-state index in [2.05, 4.69) is 0 Å². The lowest BCUT2D eigenvalue weighted by atomic mass is 10.2. The van der Waals surface area contributed by atoms with Crippen LogP contribution in [-0.2, 0) is 9.59 Å². The Balaban J connectivity index is 2.35. The molecule has 2 amide bonds. The maximum absolute atomic E-state index is 11.7. The van der Waals surface area contributed by atoms with Gasteiger partial charge in [-0.3, -0.25) is 19.9 Å². The first-order valence-electron chi connectivity index (χ1n) is 4.94. The summed E-state index contributed by atoms with van der Waals surface area (Å²) in [6, 6.07) is 4.90. The predicted octanol–water partition coefficient (Wildman–Crippen LogP) is -1.02. The molecule has 2 rings (SSSR count). The van der Waals surface area contributed by atoms with Gasteiger partial charge in [-0.15, -0.1) is 0 Å². The Morgan fingerprint density at radius 2 is 2.29 bits per heavy atom. The van der Waals surface area contributed by atoms with Gasteiger partial charge in [-0.1, -0.05) is 0 Å². The molecule has 17 heavy (non-hydrogen) atoms. The van der Waals surface area contributed by atoms with Gasteiger partial charge >= 0.3 is 0 Å². The van der Waals surface area contributed by atoms with Crippen molar-refractivity contribution in [1.29, 1.82) is 0 Å². The SMILES string of the molecule is NNC(=O)CN1C(=O)COc2ccc(N)cc21. The molecule has 1 aliphatic heterocycles. The Labute approximate surface area is 97.3 Å². The zero-order valence-electron chi connectivity index (χ0n) is 8.97. The normalized spacial score (nSPS) is 13.9. The highest BCUT2D eigenvalue weighted by atomic mass is 16.5. The summed E-state index contributed by atoms with van der Waals surface area (Å²) in [7, 11) is 0. The zero-order valence-corrected chi connectivity index (χ0v) is 8.97. The van der Waals surface area contributed by atoms with Gasteiger partial charge in [0.05, 0.1) is 5.69 Å². The molecular weight excluding hydrogens is 224 g/mol. The number of fused-ring (bicyclic) bond motifs is 1. The molecule has 0 spiro atoms. The monoisotopic (exact) mass is 236 g/mol. The number of hydrogen-bond donors (Lipinski definition) is 3. The number of nitrogens with one attached hydrogen (secondary N) is 1. The van der Waals surface area contributed by atoms with E-state index in [-0.39, 0.29) is 19.1 Å². The molecule has 5 N–H and O–H groups in total. The number of carbonyl (C=O) groups is 2. The first-order valence-corrected chi connectivity index (χ1v) is 4.94. The smallest absolute Gasteiger partial charge is 0.265 e. The maximum Gasteiger partial charge on any atom is 0.265 e. The number of carbonyl (C=O) groups excluding carboxylic acids is 2. The molecule has 0 aromatic heterocycles. The van der Waals surface area contributed by atoms with Crippen molar-refractivity contribution in [2.24, 2.45) is 5.84 Å². The second kappa shape index (κ2) is 4.30. The fraction of sp³-hybridized carbons (Fsp3) is 0.200. The number of nitrogen functional groups attached to an aromatic ring is 1. The van der Waals surface area contributed by atoms with Crippen LogP contribution in [0.5, 0.6) is 5.75 Å². The second-order valence-corrected chi connectivity index (χ2v) is 3.56. The topological polar surface area (TPSA) is 111 Å². The van der Waals surface area contributed by atoms with Crippen LogP contribution in [0.3, 0.4) is 0 Å². The number of hydrazine groups is 1. The predicted molar refractivity (Wildman–Crippen MR) is 61.0 cm³/mol. The van der Waals surface area contributed by atoms with Crippen molar-refractivity contribution in [3.8, 4) is 5.75 Å². The minimum atomic E-state index is -0.464. The molecule has 0 aliphatic carbocycles. The molecular formula is C10H12N4O3. The molecule has 7 nitrogen and oxygen atoms in total. The van der Waals surface area contributed by atoms with Crippen molar-refractivity contribution in [2.75, 3.05) is 23.8 Å². The number of ether oxygens (including phenoxy) is 1.